The van der Waals surface area contributed by atoms with Crippen LogP contribution in [0.25, 0.3) is 0 Å². The first-order chi connectivity index (χ1) is 10.0. The van der Waals surface area contributed by atoms with Crippen LogP contribution in [-0.4, -0.2) is 23.5 Å². The lowest BCUT2D eigenvalue weighted by atomic mass is 10.2. The van der Waals surface area contributed by atoms with Crippen LogP contribution in [0.3, 0.4) is 0 Å². The van der Waals surface area contributed by atoms with E-state index in [4.69, 9.17) is 4.74 Å². The molecule has 1 amide bonds. The van der Waals surface area contributed by atoms with E-state index in [1.54, 1.807) is 32.2 Å². The van der Waals surface area contributed by atoms with Gasteiger partial charge < -0.3 is 10.1 Å². The van der Waals surface area contributed by atoms with Crippen molar-refractivity contribution in [1.29, 1.82) is 0 Å². The summed E-state index contributed by atoms with van der Waals surface area (Å²) >= 11 is 4.46. The van der Waals surface area contributed by atoms with E-state index in [-0.39, 0.29) is 11.9 Å². The molecule has 0 radical (unpaired) electrons. The SMILES string of the molecule is CCOC(=O)c1sc(NC(=O)c2cncc(Br)c2)cc1C. The van der Waals surface area contributed by atoms with E-state index in [9.17, 15) is 9.59 Å². The van der Waals surface area contributed by atoms with Crippen molar-refractivity contribution in [3.05, 3.63) is 45.0 Å². The first-order valence-electron chi connectivity index (χ1n) is 6.20. The van der Waals surface area contributed by atoms with Crippen molar-refractivity contribution in [3.63, 3.8) is 0 Å². The number of aromatic nitrogens is 1. The predicted molar refractivity (Wildman–Crippen MR) is 84.9 cm³/mol. The molecule has 0 fully saturated rings. The maximum Gasteiger partial charge on any atom is 0.348 e. The molecule has 0 aliphatic carbocycles. The summed E-state index contributed by atoms with van der Waals surface area (Å²) in [6.45, 7) is 3.88. The van der Waals surface area contributed by atoms with Crippen LogP contribution in [-0.2, 0) is 4.74 Å². The minimum Gasteiger partial charge on any atom is -0.462 e. The molecule has 0 saturated carbocycles. The zero-order valence-corrected chi connectivity index (χ0v) is 13.9. The van der Waals surface area contributed by atoms with Gasteiger partial charge in [0.05, 0.1) is 17.2 Å². The van der Waals surface area contributed by atoms with E-state index in [0.717, 1.165) is 10.0 Å². The number of halogens is 1. The monoisotopic (exact) mass is 368 g/mol. The third kappa shape index (κ3) is 3.89. The highest BCUT2D eigenvalue weighted by Crippen LogP contribution is 2.27. The van der Waals surface area contributed by atoms with Gasteiger partial charge in [-0.05, 0) is 47.5 Å². The van der Waals surface area contributed by atoms with E-state index in [0.29, 0.717) is 22.0 Å². The number of hydrogen-bond acceptors (Lipinski definition) is 5. The Hall–Kier alpha value is -1.73. The normalized spacial score (nSPS) is 10.2. The number of rotatable bonds is 4. The van der Waals surface area contributed by atoms with Gasteiger partial charge in [0.2, 0.25) is 0 Å². The van der Waals surface area contributed by atoms with Crippen molar-refractivity contribution >= 4 is 44.1 Å². The van der Waals surface area contributed by atoms with Gasteiger partial charge in [0.25, 0.3) is 5.91 Å². The molecule has 2 aromatic rings. The number of aryl methyl sites for hydroxylation is 1. The van der Waals surface area contributed by atoms with Gasteiger partial charge in [-0.15, -0.1) is 11.3 Å². The number of carbonyl (C=O) groups is 2. The summed E-state index contributed by atoms with van der Waals surface area (Å²) in [5.74, 6) is -0.648. The standard InChI is InChI=1S/C14H13BrN2O3S/c1-3-20-14(19)12-8(2)4-11(21-12)17-13(18)9-5-10(15)7-16-6-9/h4-7H,3H2,1-2H3,(H,17,18). The summed E-state index contributed by atoms with van der Waals surface area (Å²) in [6.07, 6.45) is 3.08. The molecule has 0 unspecified atom stereocenters. The Kier molecular flexibility index (Phi) is 5.08. The topological polar surface area (TPSA) is 68.3 Å². The summed E-state index contributed by atoms with van der Waals surface area (Å²) < 4.78 is 5.70. The first kappa shape index (κ1) is 15.7. The molecule has 110 valence electrons. The molecule has 0 aromatic carbocycles. The fraction of sp³-hybridized carbons (Fsp3) is 0.214. The number of pyridine rings is 1. The Morgan fingerprint density at radius 1 is 1.38 bits per heavy atom. The van der Waals surface area contributed by atoms with E-state index < -0.39 is 0 Å². The number of nitrogens with one attached hydrogen (secondary N) is 1. The van der Waals surface area contributed by atoms with Gasteiger partial charge in [-0.1, -0.05) is 0 Å². The number of amides is 1. The second-order valence-electron chi connectivity index (χ2n) is 4.19. The Morgan fingerprint density at radius 3 is 2.81 bits per heavy atom. The van der Waals surface area contributed by atoms with Crippen LogP contribution in [0.4, 0.5) is 5.00 Å². The second kappa shape index (κ2) is 6.82. The molecular weight excluding hydrogens is 356 g/mol. The minimum atomic E-state index is -0.371. The van der Waals surface area contributed by atoms with E-state index in [2.05, 4.69) is 26.2 Å². The summed E-state index contributed by atoms with van der Waals surface area (Å²) in [4.78, 5) is 28.3. The molecule has 2 rings (SSSR count). The van der Waals surface area contributed by atoms with Gasteiger partial charge >= 0.3 is 5.97 Å². The zero-order valence-electron chi connectivity index (χ0n) is 11.5. The van der Waals surface area contributed by atoms with Crippen LogP contribution < -0.4 is 5.32 Å². The maximum absolute atomic E-state index is 12.1. The fourth-order valence-electron chi connectivity index (χ4n) is 1.66. The van der Waals surface area contributed by atoms with E-state index in [1.165, 1.54) is 17.5 Å². The highest BCUT2D eigenvalue weighted by Gasteiger charge is 2.16. The van der Waals surface area contributed by atoms with Crippen LogP contribution in [0, 0.1) is 6.92 Å². The summed E-state index contributed by atoms with van der Waals surface area (Å²) in [7, 11) is 0. The van der Waals surface area contributed by atoms with E-state index >= 15 is 0 Å². The zero-order chi connectivity index (χ0) is 15.4. The number of anilines is 1. The average Bonchev–Trinajstić information content (AvgIpc) is 2.80. The maximum atomic E-state index is 12.1. The largest absolute Gasteiger partial charge is 0.462 e. The Balaban J connectivity index is 2.15. The molecule has 7 heteroatoms. The number of thiophene rings is 1. The molecule has 21 heavy (non-hydrogen) atoms. The van der Waals surface area contributed by atoms with Gasteiger partial charge in [-0.25, -0.2) is 4.79 Å². The quantitative estimate of drug-likeness (QED) is 0.836. The predicted octanol–water partition coefficient (Wildman–Crippen LogP) is 3.64. The molecular formula is C14H13BrN2O3S. The smallest absolute Gasteiger partial charge is 0.348 e. The Labute approximate surface area is 134 Å². The van der Waals surface area contributed by atoms with Crippen LogP contribution in [0.1, 0.15) is 32.5 Å². The molecule has 0 spiro atoms. The highest BCUT2D eigenvalue weighted by atomic mass is 79.9. The molecule has 0 aliphatic rings. The Bertz CT molecular complexity index is 685. The van der Waals surface area contributed by atoms with Crippen LogP contribution >= 0.6 is 27.3 Å². The number of nitrogens with zero attached hydrogens (tertiary/aromatic N) is 1. The average molecular weight is 369 g/mol. The van der Waals surface area contributed by atoms with E-state index in [1.807, 2.05) is 0 Å². The van der Waals surface area contributed by atoms with Crippen molar-refractivity contribution in [2.45, 2.75) is 13.8 Å². The Morgan fingerprint density at radius 2 is 2.14 bits per heavy atom. The lowest BCUT2D eigenvalue weighted by Crippen LogP contribution is -2.11. The lowest BCUT2D eigenvalue weighted by Gasteiger charge is -2.02. The molecule has 0 bridgehead atoms. The van der Waals surface area contributed by atoms with Gasteiger partial charge in [0.15, 0.2) is 0 Å². The summed E-state index contributed by atoms with van der Waals surface area (Å²) in [5, 5.41) is 3.35. The van der Waals surface area contributed by atoms with Crippen molar-refractivity contribution in [1.82, 2.24) is 4.98 Å². The molecule has 0 saturated heterocycles. The lowest BCUT2D eigenvalue weighted by molar-refractivity contribution is 0.0531. The summed E-state index contributed by atoms with van der Waals surface area (Å²) in [5.41, 5.74) is 1.22. The molecule has 0 atom stereocenters. The van der Waals surface area contributed by atoms with Crippen molar-refractivity contribution in [2.75, 3.05) is 11.9 Å². The number of hydrogen-bond donors (Lipinski definition) is 1. The number of ether oxygens (including phenoxy) is 1. The molecule has 0 aliphatic heterocycles. The van der Waals surface area contributed by atoms with Gasteiger partial charge in [-0.3, -0.25) is 9.78 Å². The van der Waals surface area contributed by atoms with Crippen LogP contribution in [0.5, 0.6) is 0 Å². The van der Waals surface area contributed by atoms with Crippen molar-refractivity contribution < 1.29 is 14.3 Å². The fourth-order valence-corrected chi connectivity index (χ4v) is 2.99. The number of esters is 1. The summed E-state index contributed by atoms with van der Waals surface area (Å²) in [6, 6.07) is 3.43. The third-order valence-electron chi connectivity index (χ3n) is 2.58. The molecule has 2 aromatic heterocycles. The van der Waals surface area contributed by atoms with Crippen LogP contribution in [0.2, 0.25) is 0 Å². The van der Waals surface area contributed by atoms with Gasteiger partial charge in [0, 0.05) is 16.9 Å². The van der Waals surface area contributed by atoms with Gasteiger partial charge in [-0.2, -0.15) is 0 Å². The molecule has 5 nitrogen and oxygen atoms in total. The van der Waals surface area contributed by atoms with Crippen LogP contribution in [0.15, 0.2) is 29.0 Å². The van der Waals surface area contributed by atoms with Crippen molar-refractivity contribution in [3.8, 4) is 0 Å². The van der Waals surface area contributed by atoms with Gasteiger partial charge in [0.1, 0.15) is 4.88 Å². The minimum absolute atomic E-state index is 0.277. The van der Waals surface area contributed by atoms with Crippen molar-refractivity contribution in [2.24, 2.45) is 0 Å². The highest BCUT2D eigenvalue weighted by molar-refractivity contribution is 9.10. The second-order valence-corrected chi connectivity index (χ2v) is 6.16. The molecule has 2 heterocycles. The number of carbonyl (C=O) groups excluding carboxylic acids is 2. The molecule has 1 N–H and O–H groups in total. The third-order valence-corrected chi connectivity index (χ3v) is 4.15. The first-order valence-corrected chi connectivity index (χ1v) is 7.81.